The average Bonchev–Trinajstić information content (AvgIpc) is 2.91. The Kier molecular flexibility index (Phi) is 20.1. The van der Waals surface area contributed by atoms with Crippen LogP contribution in [0.3, 0.4) is 0 Å². The molecule has 6 atom stereocenters. The van der Waals surface area contributed by atoms with Gasteiger partial charge in [0.05, 0.1) is 6.61 Å². The van der Waals surface area contributed by atoms with Crippen LogP contribution in [0.2, 0.25) is 0 Å². The lowest BCUT2D eigenvalue weighted by atomic mass is 10.3. The number of hydrogen-bond donors (Lipinski definition) is 4. The maximum atomic E-state index is 11.3. The van der Waals surface area contributed by atoms with Crippen LogP contribution in [0.15, 0.2) is 24.3 Å². The van der Waals surface area contributed by atoms with Crippen molar-refractivity contribution in [3.63, 3.8) is 0 Å². The standard InChI is InChI=1S/C13H20O8.C7H12O4.C6H8O4/c1-7(2)11(16)19-5-10(21-13(18)9(4)15)6-20-12(17)8(3)14;1-5(2)7(10)11-4-6(9)3-8;1-3-5(7)10-4(2)6(8)9-3/h8-10,14-15H,1,5-6H2,2-4H3;6,8-9H,1,3-4H2,2H3;3-4H,1-2H3. The molecule has 0 saturated carbocycles. The molecule has 16 nitrogen and oxygen atoms in total. The highest BCUT2D eigenvalue weighted by molar-refractivity contribution is 5.87. The third kappa shape index (κ3) is 18.5. The molecular weight excluding hydrogens is 568 g/mol. The van der Waals surface area contributed by atoms with E-state index in [4.69, 9.17) is 29.9 Å². The fourth-order valence-corrected chi connectivity index (χ4v) is 1.95. The van der Waals surface area contributed by atoms with Gasteiger partial charge in [-0.05, 0) is 41.5 Å². The summed E-state index contributed by atoms with van der Waals surface area (Å²) >= 11 is 0. The van der Waals surface area contributed by atoms with Crippen molar-refractivity contribution in [3.05, 3.63) is 24.3 Å². The molecule has 1 fully saturated rings. The van der Waals surface area contributed by atoms with E-state index in [9.17, 15) is 28.8 Å². The minimum atomic E-state index is -1.38. The highest BCUT2D eigenvalue weighted by atomic mass is 16.6. The largest absolute Gasteiger partial charge is 0.460 e. The number of rotatable bonds is 12. The minimum absolute atomic E-state index is 0.150. The van der Waals surface area contributed by atoms with Crippen LogP contribution < -0.4 is 0 Å². The Morgan fingerprint density at radius 1 is 0.762 bits per heavy atom. The Morgan fingerprint density at radius 2 is 1.14 bits per heavy atom. The molecule has 16 heteroatoms. The number of carbonyl (C=O) groups excluding carboxylic acids is 6. The highest BCUT2D eigenvalue weighted by Crippen LogP contribution is 2.08. The molecule has 0 aromatic rings. The van der Waals surface area contributed by atoms with Gasteiger partial charge < -0.3 is 48.8 Å². The summed E-state index contributed by atoms with van der Waals surface area (Å²) in [6.07, 6.45) is -6.31. The van der Waals surface area contributed by atoms with Crippen molar-refractivity contribution >= 4 is 35.8 Å². The number of hydrogen-bond acceptors (Lipinski definition) is 16. The monoisotopic (exact) mass is 608 g/mol. The molecule has 0 aromatic carbocycles. The second-order valence-corrected chi connectivity index (χ2v) is 8.79. The zero-order valence-corrected chi connectivity index (χ0v) is 24.4. The van der Waals surface area contributed by atoms with Gasteiger partial charge in [0.25, 0.3) is 0 Å². The van der Waals surface area contributed by atoms with Crippen LogP contribution in [0, 0.1) is 0 Å². The highest BCUT2D eigenvalue weighted by Gasteiger charge is 2.32. The maximum Gasteiger partial charge on any atom is 0.347 e. The fraction of sp³-hybridized carbons (Fsp3) is 0.615. The van der Waals surface area contributed by atoms with Crippen LogP contribution in [0.5, 0.6) is 0 Å². The topological polar surface area (TPSA) is 239 Å². The quantitative estimate of drug-likeness (QED) is 0.114. The molecule has 240 valence electrons. The third-order valence-electron chi connectivity index (χ3n) is 4.34. The summed E-state index contributed by atoms with van der Waals surface area (Å²) in [7, 11) is 0. The lowest BCUT2D eigenvalue weighted by molar-refractivity contribution is -0.191. The van der Waals surface area contributed by atoms with Gasteiger partial charge in [-0.1, -0.05) is 13.2 Å². The molecule has 4 N–H and O–H groups in total. The van der Waals surface area contributed by atoms with Gasteiger partial charge >= 0.3 is 35.8 Å². The molecule has 42 heavy (non-hydrogen) atoms. The van der Waals surface area contributed by atoms with E-state index in [0.717, 1.165) is 0 Å². The molecule has 0 aliphatic carbocycles. The van der Waals surface area contributed by atoms with Crippen molar-refractivity contribution in [2.75, 3.05) is 26.4 Å². The van der Waals surface area contributed by atoms with Gasteiger partial charge in [-0.3, -0.25) is 0 Å². The van der Waals surface area contributed by atoms with E-state index in [2.05, 4.69) is 32.1 Å². The van der Waals surface area contributed by atoms with Crippen molar-refractivity contribution < 1.29 is 77.6 Å². The minimum Gasteiger partial charge on any atom is -0.460 e. The zero-order chi connectivity index (χ0) is 33.2. The summed E-state index contributed by atoms with van der Waals surface area (Å²) in [4.78, 5) is 65.6. The van der Waals surface area contributed by atoms with Crippen molar-refractivity contribution in [3.8, 4) is 0 Å². The lowest BCUT2D eigenvalue weighted by Crippen LogP contribution is -2.40. The Labute approximate surface area is 242 Å². The van der Waals surface area contributed by atoms with E-state index < -0.39 is 85.7 Å². The molecule has 0 amide bonds. The fourth-order valence-electron chi connectivity index (χ4n) is 1.95. The van der Waals surface area contributed by atoms with Gasteiger partial charge in [0, 0.05) is 11.1 Å². The number of ether oxygens (including phenoxy) is 6. The number of aliphatic hydroxyl groups is 4. The summed E-state index contributed by atoms with van der Waals surface area (Å²) in [5.74, 6) is -4.09. The maximum absolute atomic E-state index is 11.3. The molecule has 1 rings (SSSR count). The summed E-state index contributed by atoms with van der Waals surface area (Å²) in [6.45, 7) is 13.6. The lowest BCUT2D eigenvalue weighted by Gasteiger charge is -2.22. The first-order valence-electron chi connectivity index (χ1n) is 12.4. The van der Waals surface area contributed by atoms with Gasteiger partial charge in [0.2, 0.25) is 0 Å². The second kappa shape index (κ2) is 20.9. The van der Waals surface area contributed by atoms with Crippen LogP contribution in [0.1, 0.15) is 41.5 Å². The van der Waals surface area contributed by atoms with Crippen LogP contribution in [-0.4, -0.2) is 119 Å². The average molecular weight is 609 g/mol. The van der Waals surface area contributed by atoms with E-state index >= 15 is 0 Å². The predicted molar refractivity (Wildman–Crippen MR) is 140 cm³/mol. The molecule has 0 radical (unpaired) electrons. The van der Waals surface area contributed by atoms with Gasteiger partial charge in [-0.25, -0.2) is 28.8 Å². The zero-order valence-electron chi connectivity index (χ0n) is 24.4. The molecule has 0 spiro atoms. The van der Waals surface area contributed by atoms with Crippen LogP contribution >= 0.6 is 0 Å². The SMILES string of the molecule is C=C(C)C(=O)OCC(COC(=O)C(C)O)OC(=O)C(C)O.C=C(C)C(=O)OCC(O)CO.CC1OC(=O)C(C)OC1=O. The third-order valence-corrected chi connectivity index (χ3v) is 4.34. The van der Waals surface area contributed by atoms with E-state index in [0.29, 0.717) is 0 Å². The number of carbonyl (C=O) groups is 6. The van der Waals surface area contributed by atoms with Crippen molar-refractivity contribution in [1.82, 2.24) is 0 Å². The molecule has 6 unspecified atom stereocenters. The first-order valence-corrected chi connectivity index (χ1v) is 12.4. The van der Waals surface area contributed by atoms with Crippen LogP contribution in [0.25, 0.3) is 0 Å². The normalized spacial score (nSPS) is 18.3. The van der Waals surface area contributed by atoms with Gasteiger partial charge in [0.1, 0.15) is 38.1 Å². The number of cyclic esters (lactones) is 2. The van der Waals surface area contributed by atoms with E-state index in [-0.39, 0.29) is 24.4 Å². The Balaban J connectivity index is 0. The van der Waals surface area contributed by atoms with Gasteiger partial charge in [-0.2, -0.15) is 0 Å². The Bertz CT molecular complexity index is 934. The van der Waals surface area contributed by atoms with E-state index in [1.165, 1.54) is 41.5 Å². The molecule has 1 heterocycles. The molecule has 1 saturated heterocycles. The first-order chi connectivity index (χ1) is 19.3. The Hall–Kier alpha value is -3.86. The van der Waals surface area contributed by atoms with E-state index in [1.807, 2.05) is 0 Å². The number of esters is 6. The van der Waals surface area contributed by atoms with E-state index in [1.54, 1.807) is 0 Å². The molecule has 0 aromatic heterocycles. The summed E-state index contributed by atoms with van der Waals surface area (Å²) in [5.41, 5.74) is 0.423. The van der Waals surface area contributed by atoms with Crippen LogP contribution in [0.4, 0.5) is 0 Å². The predicted octanol–water partition coefficient (Wildman–Crippen LogP) is -1.36. The summed E-state index contributed by atoms with van der Waals surface area (Å²) < 4.78 is 28.0. The molecule has 1 aliphatic rings. The second-order valence-electron chi connectivity index (χ2n) is 8.79. The molecule has 1 aliphatic heterocycles. The smallest absolute Gasteiger partial charge is 0.347 e. The van der Waals surface area contributed by atoms with Crippen molar-refractivity contribution in [2.24, 2.45) is 0 Å². The van der Waals surface area contributed by atoms with Crippen molar-refractivity contribution in [2.45, 2.75) is 78.2 Å². The van der Waals surface area contributed by atoms with Gasteiger partial charge in [-0.15, -0.1) is 0 Å². The molecular formula is C26H40O16. The number of aliphatic hydroxyl groups excluding tert-OH is 4. The van der Waals surface area contributed by atoms with Crippen LogP contribution in [-0.2, 0) is 57.2 Å². The van der Waals surface area contributed by atoms with Crippen molar-refractivity contribution in [1.29, 1.82) is 0 Å². The molecule has 0 bridgehead atoms. The van der Waals surface area contributed by atoms with Gasteiger partial charge in [0.15, 0.2) is 18.3 Å². The summed E-state index contributed by atoms with van der Waals surface area (Å²) in [5, 5.41) is 35.1. The summed E-state index contributed by atoms with van der Waals surface area (Å²) in [6, 6.07) is 0. The first kappa shape index (κ1) is 40.3. The Morgan fingerprint density at radius 3 is 1.50 bits per heavy atom.